The number of rotatable bonds is 2. The van der Waals surface area contributed by atoms with Gasteiger partial charge in [0.15, 0.2) is 0 Å². The van der Waals surface area contributed by atoms with Gasteiger partial charge in [-0.2, -0.15) is 13.2 Å². The Hall–Kier alpha value is -1.30. The van der Waals surface area contributed by atoms with Crippen molar-refractivity contribution < 1.29 is 18.0 Å². The number of alkyl halides is 3. The lowest BCUT2D eigenvalue weighted by molar-refractivity contribution is -0.137. The van der Waals surface area contributed by atoms with Crippen molar-refractivity contribution in [2.45, 2.75) is 25.4 Å². The van der Waals surface area contributed by atoms with Crippen molar-refractivity contribution in [2.75, 3.05) is 5.32 Å². The van der Waals surface area contributed by atoms with E-state index in [1.165, 1.54) is 12.1 Å². The molecule has 20 heavy (non-hydrogen) atoms. The molecule has 0 saturated carbocycles. The molecule has 1 aliphatic carbocycles. The Labute approximate surface area is 123 Å². The average molecular weight is 348 g/mol. The van der Waals surface area contributed by atoms with Gasteiger partial charge >= 0.3 is 6.18 Å². The van der Waals surface area contributed by atoms with Crippen LogP contribution in [0.25, 0.3) is 0 Å². The van der Waals surface area contributed by atoms with E-state index in [1.54, 1.807) is 0 Å². The third-order valence-electron chi connectivity index (χ3n) is 3.18. The van der Waals surface area contributed by atoms with Crippen LogP contribution in [0.4, 0.5) is 18.9 Å². The lowest BCUT2D eigenvalue weighted by Gasteiger charge is -2.19. The molecule has 1 aromatic rings. The van der Waals surface area contributed by atoms with Crippen LogP contribution in [0, 0.1) is 5.92 Å². The maximum atomic E-state index is 12.9. The molecule has 1 aromatic carbocycles. The second-order valence-corrected chi connectivity index (χ2v) is 5.57. The number of anilines is 1. The van der Waals surface area contributed by atoms with E-state index in [1.807, 2.05) is 12.2 Å². The van der Waals surface area contributed by atoms with E-state index < -0.39 is 11.7 Å². The number of benzene rings is 1. The molecule has 0 heterocycles. The van der Waals surface area contributed by atoms with Gasteiger partial charge < -0.3 is 5.32 Å². The van der Waals surface area contributed by atoms with Gasteiger partial charge in [0.05, 0.1) is 11.3 Å². The van der Waals surface area contributed by atoms with Crippen LogP contribution in [0.15, 0.2) is 34.8 Å². The molecule has 1 amide bonds. The van der Waals surface area contributed by atoms with Gasteiger partial charge in [-0.05, 0) is 37.5 Å². The first-order valence-corrected chi connectivity index (χ1v) is 7.00. The Morgan fingerprint density at radius 1 is 1.30 bits per heavy atom. The van der Waals surface area contributed by atoms with E-state index in [-0.39, 0.29) is 17.5 Å². The number of carbonyl (C=O) groups is 1. The number of hydrogen-bond acceptors (Lipinski definition) is 1. The Bertz CT molecular complexity index is 540. The van der Waals surface area contributed by atoms with Crippen LogP contribution in [0.3, 0.4) is 0 Å². The molecule has 6 heteroatoms. The highest BCUT2D eigenvalue weighted by Crippen LogP contribution is 2.37. The van der Waals surface area contributed by atoms with Crippen LogP contribution >= 0.6 is 15.9 Å². The predicted octanol–water partition coefficient (Wildman–Crippen LogP) is 4.76. The monoisotopic (exact) mass is 347 g/mol. The Balaban J connectivity index is 2.20. The van der Waals surface area contributed by atoms with Crippen LogP contribution < -0.4 is 5.32 Å². The van der Waals surface area contributed by atoms with E-state index >= 15 is 0 Å². The summed E-state index contributed by atoms with van der Waals surface area (Å²) in [6.45, 7) is 0. The SMILES string of the molecule is O=C(Nc1ccc(Br)cc1C(F)(F)F)[C@@H]1CC=CCC1. The van der Waals surface area contributed by atoms with Crippen molar-refractivity contribution >= 4 is 27.5 Å². The van der Waals surface area contributed by atoms with E-state index in [9.17, 15) is 18.0 Å². The summed E-state index contributed by atoms with van der Waals surface area (Å²) in [6.07, 6.45) is 1.39. The lowest BCUT2D eigenvalue weighted by atomic mass is 9.93. The molecule has 0 aromatic heterocycles. The quantitative estimate of drug-likeness (QED) is 0.767. The second kappa shape index (κ2) is 5.99. The van der Waals surface area contributed by atoms with Crippen LogP contribution in [-0.4, -0.2) is 5.91 Å². The smallest absolute Gasteiger partial charge is 0.325 e. The summed E-state index contributed by atoms with van der Waals surface area (Å²) in [7, 11) is 0. The van der Waals surface area contributed by atoms with E-state index in [0.717, 1.165) is 12.5 Å². The average Bonchev–Trinajstić information content (AvgIpc) is 2.40. The summed E-state index contributed by atoms with van der Waals surface area (Å²) in [6, 6.07) is 3.71. The summed E-state index contributed by atoms with van der Waals surface area (Å²) in [5.41, 5.74) is -1.04. The number of carbonyl (C=O) groups excluding carboxylic acids is 1. The molecule has 0 saturated heterocycles. The van der Waals surface area contributed by atoms with Crippen molar-refractivity contribution in [3.8, 4) is 0 Å². The van der Waals surface area contributed by atoms with Crippen LogP contribution in [0.1, 0.15) is 24.8 Å². The standard InChI is InChI=1S/C14H13BrF3NO/c15-10-6-7-12(11(8-10)14(16,17)18)19-13(20)9-4-2-1-3-5-9/h1-2,6-9H,3-5H2,(H,19,20)/t9-/m1/s1. The van der Waals surface area contributed by atoms with Crippen molar-refractivity contribution in [1.82, 2.24) is 0 Å². The highest BCUT2D eigenvalue weighted by atomic mass is 79.9. The maximum absolute atomic E-state index is 12.9. The topological polar surface area (TPSA) is 29.1 Å². The van der Waals surface area contributed by atoms with Gasteiger partial charge in [0.2, 0.25) is 5.91 Å². The van der Waals surface area contributed by atoms with Gasteiger partial charge in [-0.25, -0.2) is 0 Å². The fourth-order valence-electron chi connectivity index (χ4n) is 2.13. The number of nitrogens with one attached hydrogen (secondary N) is 1. The van der Waals surface area contributed by atoms with Gasteiger partial charge in [0.1, 0.15) is 0 Å². The fraction of sp³-hybridized carbons (Fsp3) is 0.357. The first-order chi connectivity index (χ1) is 9.38. The predicted molar refractivity (Wildman–Crippen MR) is 74.3 cm³/mol. The van der Waals surface area contributed by atoms with Crippen molar-refractivity contribution in [3.63, 3.8) is 0 Å². The largest absolute Gasteiger partial charge is 0.418 e. The molecule has 2 nitrogen and oxygen atoms in total. The third kappa shape index (κ3) is 3.62. The van der Waals surface area contributed by atoms with E-state index in [0.29, 0.717) is 17.3 Å². The Morgan fingerprint density at radius 2 is 2.05 bits per heavy atom. The van der Waals surface area contributed by atoms with E-state index in [4.69, 9.17) is 0 Å². The molecule has 1 aliphatic rings. The Kier molecular flexibility index (Phi) is 4.52. The molecular formula is C14H13BrF3NO. The summed E-state index contributed by atoms with van der Waals surface area (Å²) >= 11 is 3.01. The minimum atomic E-state index is -4.50. The number of allylic oxidation sites excluding steroid dienone is 2. The maximum Gasteiger partial charge on any atom is 0.418 e. The molecule has 0 fully saturated rings. The fourth-order valence-corrected chi connectivity index (χ4v) is 2.49. The summed E-state index contributed by atoms with van der Waals surface area (Å²) in [5, 5.41) is 2.40. The second-order valence-electron chi connectivity index (χ2n) is 4.66. The first-order valence-electron chi connectivity index (χ1n) is 6.20. The molecule has 1 N–H and O–H groups in total. The molecule has 0 unspecified atom stereocenters. The normalized spacial score (nSPS) is 18.9. The molecule has 1 atom stereocenters. The molecule has 0 radical (unpaired) electrons. The van der Waals surface area contributed by atoms with Gasteiger partial charge in [-0.1, -0.05) is 28.1 Å². The zero-order valence-corrected chi connectivity index (χ0v) is 12.1. The van der Waals surface area contributed by atoms with Crippen LogP contribution in [0.2, 0.25) is 0 Å². The van der Waals surface area contributed by atoms with Gasteiger partial charge in [-0.15, -0.1) is 0 Å². The third-order valence-corrected chi connectivity index (χ3v) is 3.68. The number of amides is 1. The first kappa shape index (κ1) is 15.1. The van der Waals surface area contributed by atoms with Gasteiger partial charge in [0.25, 0.3) is 0 Å². The van der Waals surface area contributed by atoms with Crippen molar-refractivity contribution in [2.24, 2.45) is 5.92 Å². The van der Waals surface area contributed by atoms with Gasteiger partial charge in [0, 0.05) is 10.4 Å². The zero-order valence-electron chi connectivity index (χ0n) is 10.5. The number of hydrogen-bond donors (Lipinski definition) is 1. The van der Waals surface area contributed by atoms with Crippen molar-refractivity contribution in [1.29, 1.82) is 0 Å². The summed E-state index contributed by atoms with van der Waals surface area (Å²) in [5.74, 6) is -0.619. The highest BCUT2D eigenvalue weighted by Gasteiger charge is 2.34. The highest BCUT2D eigenvalue weighted by molar-refractivity contribution is 9.10. The molecule has 2 rings (SSSR count). The summed E-state index contributed by atoms with van der Waals surface area (Å²) in [4.78, 5) is 12.0. The molecular weight excluding hydrogens is 335 g/mol. The Morgan fingerprint density at radius 3 is 2.65 bits per heavy atom. The van der Waals surface area contributed by atoms with Crippen LogP contribution in [-0.2, 0) is 11.0 Å². The number of halogens is 4. The molecule has 0 spiro atoms. The lowest BCUT2D eigenvalue weighted by Crippen LogP contribution is -2.25. The van der Waals surface area contributed by atoms with Gasteiger partial charge in [-0.3, -0.25) is 4.79 Å². The molecule has 0 aliphatic heterocycles. The van der Waals surface area contributed by atoms with Crippen molar-refractivity contribution in [3.05, 3.63) is 40.4 Å². The van der Waals surface area contributed by atoms with E-state index in [2.05, 4.69) is 21.2 Å². The minimum absolute atomic E-state index is 0.194. The van der Waals surface area contributed by atoms with Crippen LogP contribution in [0.5, 0.6) is 0 Å². The minimum Gasteiger partial charge on any atom is -0.325 e. The molecule has 0 bridgehead atoms. The zero-order chi connectivity index (χ0) is 14.8. The summed E-state index contributed by atoms with van der Waals surface area (Å²) < 4.78 is 39.1. The molecule has 108 valence electrons.